The van der Waals surface area contributed by atoms with Gasteiger partial charge in [-0.2, -0.15) is 0 Å². The van der Waals surface area contributed by atoms with Crippen LogP contribution in [0.1, 0.15) is 65.2 Å². The Bertz CT molecular complexity index is 3320. The number of ether oxygens (including phenoxy) is 6. The van der Waals surface area contributed by atoms with Gasteiger partial charge < -0.3 is 48.6 Å². The summed E-state index contributed by atoms with van der Waals surface area (Å²) in [5.41, 5.74) is 6.66. The van der Waals surface area contributed by atoms with Crippen LogP contribution in [0.15, 0.2) is 141 Å². The Balaban J connectivity index is 0.000000204. The average molecular weight is 1380 g/mol. The van der Waals surface area contributed by atoms with E-state index in [2.05, 4.69) is 53.1 Å². The Hall–Kier alpha value is -7.53. The van der Waals surface area contributed by atoms with Crippen molar-refractivity contribution in [2.24, 2.45) is 0 Å². The maximum Gasteiger partial charge on any atom is 0.325 e. The van der Waals surface area contributed by atoms with E-state index >= 15 is 0 Å². The molecule has 0 saturated carbocycles. The van der Waals surface area contributed by atoms with Gasteiger partial charge in [-0.1, -0.05) is 68.3 Å². The maximum atomic E-state index is 13.2. The van der Waals surface area contributed by atoms with Crippen molar-refractivity contribution in [3.05, 3.63) is 169 Å². The molecule has 452 valence electrons. The summed E-state index contributed by atoms with van der Waals surface area (Å²) >= 11 is 16.3. The highest BCUT2D eigenvalue weighted by atomic mass is 79.9. The molecule has 2 fully saturated rings. The van der Waals surface area contributed by atoms with E-state index in [0.717, 1.165) is 47.0 Å². The van der Waals surface area contributed by atoms with E-state index in [1.165, 1.54) is 19.1 Å². The molecule has 0 spiro atoms. The summed E-state index contributed by atoms with van der Waals surface area (Å²) < 4.78 is 33.5. The van der Waals surface area contributed by atoms with Crippen LogP contribution in [0.2, 0.25) is 0 Å². The normalized spacial score (nSPS) is 13.7. The van der Waals surface area contributed by atoms with Crippen molar-refractivity contribution in [3.63, 3.8) is 0 Å². The summed E-state index contributed by atoms with van der Waals surface area (Å²) in [7, 11) is 8.91. The van der Waals surface area contributed by atoms with Gasteiger partial charge in [0.15, 0.2) is 0 Å². The molecule has 0 radical (unpaired) electrons. The number of alkyl halides is 1. The molecule has 2 saturated heterocycles. The summed E-state index contributed by atoms with van der Waals surface area (Å²) in [6.07, 6.45) is -0.109. The highest BCUT2D eigenvalue weighted by Crippen LogP contribution is 2.36. The third kappa shape index (κ3) is 17.8. The first-order valence-corrected chi connectivity index (χ1v) is 29.6. The molecular weight excluding hydrogens is 1310 g/mol. The van der Waals surface area contributed by atoms with Crippen molar-refractivity contribution in [2.75, 3.05) is 96.0 Å². The van der Waals surface area contributed by atoms with Gasteiger partial charge in [-0.05, 0) is 143 Å². The molecule has 0 aliphatic carbocycles. The van der Waals surface area contributed by atoms with Crippen LogP contribution in [0, 0.1) is 13.8 Å². The Morgan fingerprint density at radius 3 is 1.45 bits per heavy atom. The zero-order valence-electron chi connectivity index (χ0n) is 48.3. The first kappa shape index (κ1) is 66.6. The van der Waals surface area contributed by atoms with Crippen molar-refractivity contribution in [2.45, 2.75) is 51.2 Å². The number of amides is 6. The second kappa shape index (κ2) is 32.1. The van der Waals surface area contributed by atoms with Gasteiger partial charge >= 0.3 is 36.0 Å². The van der Waals surface area contributed by atoms with E-state index in [1.54, 1.807) is 103 Å². The predicted molar refractivity (Wildman–Crippen MR) is 337 cm³/mol. The van der Waals surface area contributed by atoms with Gasteiger partial charge in [0.05, 0.1) is 84.5 Å². The van der Waals surface area contributed by atoms with Gasteiger partial charge in [-0.15, -0.1) is 11.6 Å². The van der Waals surface area contributed by atoms with Crippen LogP contribution >= 0.6 is 59.4 Å². The lowest BCUT2D eigenvalue weighted by atomic mass is 10.0. The van der Waals surface area contributed by atoms with Crippen LogP contribution in [0.4, 0.5) is 31.4 Å². The molecule has 0 aromatic heterocycles. The van der Waals surface area contributed by atoms with Crippen LogP contribution < -0.4 is 39.0 Å². The first-order chi connectivity index (χ1) is 40.8. The number of nitrogens with zero attached hydrogens (tertiary/aromatic N) is 5. The Morgan fingerprint density at radius 2 is 1.01 bits per heavy atom. The zero-order valence-corrected chi connectivity index (χ0v) is 53.8. The number of aryl methyl sites for hydroxylation is 2. The molecule has 6 amide bonds. The molecule has 2 aliphatic rings. The molecule has 0 bridgehead atoms. The maximum absolute atomic E-state index is 13.2. The smallest absolute Gasteiger partial charge is 0.325 e. The number of carboxylic acids is 1. The Kier molecular flexibility index (Phi) is 25.2. The van der Waals surface area contributed by atoms with Gasteiger partial charge in [0.25, 0.3) is 0 Å². The molecule has 19 nitrogen and oxygen atoms in total. The second-order valence-corrected chi connectivity index (χ2v) is 22.2. The van der Waals surface area contributed by atoms with Crippen molar-refractivity contribution in [3.8, 4) is 23.0 Å². The number of nitrogens with one attached hydrogen (secondary N) is 1. The van der Waals surface area contributed by atoms with Crippen LogP contribution in [0.25, 0.3) is 0 Å². The lowest BCUT2D eigenvalue weighted by molar-refractivity contribution is -0.142. The second-order valence-electron chi connectivity index (χ2n) is 19.3. The number of carboxylic acid groups (broad SMARTS) is 1. The molecule has 2 heterocycles. The van der Waals surface area contributed by atoms with Crippen LogP contribution in [0.3, 0.4) is 0 Å². The molecule has 85 heavy (non-hydrogen) atoms. The number of halogens is 4. The molecule has 2 N–H and O–H groups in total. The molecule has 23 heteroatoms. The monoisotopic (exact) mass is 1380 g/mol. The summed E-state index contributed by atoms with van der Waals surface area (Å²) in [5, 5.41) is 12.3. The summed E-state index contributed by atoms with van der Waals surface area (Å²) in [4.78, 5) is 83.1. The third-order valence-electron chi connectivity index (χ3n) is 14.0. The fraction of sp³-hybridized carbons (Fsp3) is 0.323. The minimum atomic E-state index is -0.950. The Labute approximate surface area is 525 Å². The van der Waals surface area contributed by atoms with E-state index in [-0.39, 0.29) is 49.7 Å². The van der Waals surface area contributed by atoms with E-state index < -0.39 is 36.1 Å². The van der Waals surface area contributed by atoms with E-state index in [9.17, 15) is 33.9 Å². The standard InChI is InChI=1S/C21H24BrClN2O5.C21H23BrN2O4.C20H21BrN2O4/c1-28-16-6-4-5-14(11-16)18(13-20(26)30-3)24-21(27)25(10-9-23)15-7-8-17(22)19(12-15)29-2;1-14-11-16(7-8-18(14)22)23-9-10-24(21(23)26)19(13-20(25)28-3)15-5-4-6-17(12-15)27-2;1-13-10-15(6-7-17(13)21)22-8-9-23(20(22)26)18(12-19(24)25)14-4-3-5-16(11-14)27-2/h4-8,11-12,18H,9-10,13H2,1-3H3,(H,24,27);4-8,11-12,19H,9-10,13H2,1-3H3;3-7,10-11,18H,8-9,12H2,1-2H3,(H,24,25). The van der Waals surface area contributed by atoms with E-state index in [1.807, 2.05) is 86.6 Å². The number of hydrogen-bond donors (Lipinski definition) is 2. The third-order valence-corrected chi connectivity index (χ3v) is 16.6. The topological polar surface area (TPSA) is 206 Å². The number of urea groups is 3. The number of rotatable bonds is 21. The van der Waals surface area contributed by atoms with Gasteiger partial charge in [0, 0.05) is 70.7 Å². The lowest BCUT2D eigenvalue weighted by Crippen LogP contribution is -2.43. The molecule has 3 atom stereocenters. The van der Waals surface area contributed by atoms with Crippen LogP contribution in [-0.4, -0.2) is 132 Å². The summed E-state index contributed by atoms with van der Waals surface area (Å²) in [6.45, 7) is 6.27. The molecule has 8 rings (SSSR count). The van der Waals surface area contributed by atoms with E-state index in [4.69, 9.17) is 40.0 Å². The quantitative estimate of drug-likeness (QED) is 0.0509. The van der Waals surface area contributed by atoms with Crippen LogP contribution in [-0.2, 0) is 23.9 Å². The van der Waals surface area contributed by atoms with Crippen molar-refractivity contribution in [1.29, 1.82) is 0 Å². The van der Waals surface area contributed by atoms with Crippen molar-refractivity contribution < 1.29 is 62.3 Å². The largest absolute Gasteiger partial charge is 0.497 e. The van der Waals surface area contributed by atoms with Gasteiger partial charge in [-0.25, -0.2) is 14.4 Å². The predicted octanol–water partition coefficient (Wildman–Crippen LogP) is 13.1. The number of aliphatic carboxylic acids is 1. The number of hydrogen-bond acceptors (Lipinski definition) is 12. The highest BCUT2D eigenvalue weighted by Gasteiger charge is 2.38. The zero-order chi connectivity index (χ0) is 61.9. The molecular formula is C62H68Br3ClN6O13. The lowest BCUT2D eigenvalue weighted by Gasteiger charge is -2.28. The van der Waals surface area contributed by atoms with Crippen molar-refractivity contribution in [1.82, 2.24) is 15.1 Å². The number of methoxy groups -OCH3 is 6. The number of benzene rings is 6. The molecule has 6 aromatic carbocycles. The molecule has 6 aromatic rings. The molecule has 2 aliphatic heterocycles. The SMILES string of the molecule is COC(=O)CC(NC(=O)N(CCCl)c1ccc(Br)c(OC)c1)c1cccc(OC)c1.COC(=O)CC(c1cccc(OC)c1)N1CCN(c2ccc(Br)c(C)c2)C1=O.COc1cccc(C(CC(=O)O)N2CCN(c3ccc(Br)c(C)c3)C2=O)c1. The van der Waals surface area contributed by atoms with E-state index in [0.29, 0.717) is 60.4 Å². The average Bonchev–Trinajstić information content (AvgIpc) is 3.40. The number of carbonyl (C=O) groups is 6. The first-order valence-electron chi connectivity index (χ1n) is 26.7. The van der Waals surface area contributed by atoms with Crippen LogP contribution in [0.5, 0.6) is 23.0 Å². The number of carbonyl (C=O) groups excluding carboxylic acids is 5. The van der Waals surface area contributed by atoms with Crippen molar-refractivity contribution >= 4 is 112 Å². The minimum absolute atomic E-state index is 0.0339. The minimum Gasteiger partial charge on any atom is -0.497 e. The number of esters is 2. The van der Waals surface area contributed by atoms with Gasteiger partial charge in [-0.3, -0.25) is 29.1 Å². The summed E-state index contributed by atoms with van der Waals surface area (Å²) in [5.74, 6) is 0.983. The fourth-order valence-electron chi connectivity index (χ4n) is 9.52. The van der Waals surface area contributed by atoms with Gasteiger partial charge in [0.1, 0.15) is 23.0 Å². The fourth-order valence-corrected chi connectivity index (χ4v) is 10.6. The highest BCUT2D eigenvalue weighted by molar-refractivity contribution is 9.11. The molecule has 3 unspecified atom stereocenters. The summed E-state index contributed by atoms with van der Waals surface area (Å²) in [6, 6.07) is 36.4. The number of anilines is 3. The van der Waals surface area contributed by atoms with Gasteiger partial charge in [0.2, 0.25) is 0 Å². The Morgan fingerprint density at radius 1 is 0.565 bits per heavy atom.